The third-order valence-corrected chi connectivity index (χ3v) is 5.97. The lowest BCUT2D eigenvalue weighted by atomic mass is 10.0. The molecule has 3 fully saturated rings. The molecule has 0 spiro atoms. The second kappa shape index (κ2) is 8.35. The molecule has 0 N–H and O–H groups in total. The number of cyclic esters (lactones) is 1. The molecular formula is C16H26N2O4S. The molecule has 2 atom stereocenters. The van der Waals surface area contributed by atoms with Gasteiger partial charge in [0.05, 0.1) is 26.2 Å². The summed E-state index contributed by atoms with van der Waals surface area (Å²) >= 11 is 1.93. The molecule has 3 saturated heterocycles. The van der Waals surface area contributed by atoms with Gasteiger partial charge < -0.3 is 14.4 Å². The van der Waals surface area contributed by atoms with Gasteiger partial charge in [-0.05, 0) is 12.2 Å². The van der Waals surface area contributed by atoms with Crippen molar-refractivity contribution in [2.75, 3.05) is 57.5 Å². The summed E-state index contributed by atoms with van der Waals surface area (Å²) in [5.41, 5.74) is 0. The number of ether oxygens (including phenoxy) is 2. The van der Waals surface area contributed by atoms with Crippen molar-refractivity contribution < 1.29 is 19.1 Å². The van der Waals surface area contributed by atoms with E-state index in [1.54, 1.807) is 0 Å². The third kappa shape index (κ3) is 4.84. The number of nitrogens with zero attached hydrogens (tertiary/aromatic N) is 2. The molecule has 0 aromatic heterocycles. The molecule has 0 radical (unpaired) electrons. The van der Waals surface area contributed by atoms with Crippen LogP contribution in [0.3, 0.4) is 0 Å². The van der Waals surface area contributed by atoms with Gasteiger partial charge in [0.1, 0.15) is 0 Å². The number of hydrogen-bond acceptors (Lipinski definition) is 6. The van der Waals surface area contributed by atoms with Crippen LogP contribution in [0.1, 0.15) is 19.3 Å². The van der Waals surface area contributed by atoms with Gasteiger partial charge >= 0.3 is 5.97 Å². The molecule has 23 heavy (non-hydrogen) atoms. The highest BCUT2D eigenvalue weighted by molar-refractivity contribution is 7.99. The van der Waals surface area contributed by atoms with E-state index >= 15 is 0 Å². The fourth-order valence-electron chi connectivity index (χ4n) is 3.41. The number of morpholine rings is 1. The van der Waals surface area contributed by atoms with E-state index in [0.717, 1.165) is 57.3 Å². The monoisotopic (exact) mass is 342 g/mol. The highest BCUT2D eigenvalue weighted by Gasteiger charge is 2.32. The van der Waals surface area contributed by atoms with Crippen LogP contribution in [0.2, 0.25) is 0 Å². The normalized spacial score (nSPS) is 28.8. The van der Waals surface area contributed by atoms with Crippen LogP contribution in [0, 0.1) is 5.92 Å². The predicted molar refractivity (Wildman–Crippen MR) is 88.4 cm³/mol. The van der Waals surface area contributed by atoms with Crippen LogP contribution in [0.25, 0.3) is 0 Å². The van der Waals surface area contributed by atoms with Crippen LogP contribution in [-0.4, -0.2) is 85.2 Å². The molecule has 130 valence electrons. The van der Waals surface area contributed by atoms with Crippen molar-refractivity contribution in [1.29, 1.82) is 0 Å². The molecule has 3 heterocycles. The summed E-state index contributed by atoms with van der Waals surface area (Å²) in [5.74, 6) is 2.26. The third-order valence-electron chi connectivity index (χ3n) is 4.83. The van der Waals surface area contributed by atoms with Gasteiger partial charge in [0, 0.05) is 50.3 Å². The summed E-state index contributed by atoms with van der Waals surface area (Å²) in [6.07, 6.45) is 1.91. The quantitative estimate of drug-likeness (QED) is 0.659. The average molecular weight is 342 g/mol. The predicted octanol–water partition coefficient (Wildman–Crippen LogP) is 0.606. The number of thioether (sulfide) groups is 1. The molecule has 1 amide bonds. The van der Waals surface area contributed by atoms with Crippen LogP contribution < -0.4 is 0 Å². The van der Waals surface area contributed by atoms with Crippen molar-refractivity contribution in [2.24, 2.45) is 5.92 Å². The first-order chi connectivity index (χ1) is 11.2. The van der Waals surface area contributed by atoms with Gasteiger partial charge in [-0.3, -0.25) is 14.5 Å². The SMILES string of the molecule is O=C1C[C@@H](CC(=O)N(CCN2CCOCC2)[C@@H]2CCSC2)CO1. The first-order valence-corrected chi connectivity index (χ1v) is 9.71. The van der Waals surface area contributed by atoms with Crippen LogP contribution in [0.4, 0.5) is 0 Å². The molecule has 3 aliphatic heterocycles. The van der Waals surface area contributed by atoms with Crippen LogP contribution >= 0.6 is 11.8 Å². The zero-order chi connectivity index (χ0) is 16.1. The summed E-state index contributed by atoms with van der Waals surface area (Å²) in [4.78, 5) is 28.4. The number of carbonyl (C=O) groups is 2. The van der Waals surface area contributed by atoms with E-state index in [4.69, 9.17) is 9.47 Å². The lowest BCUT2D eigenvalue weighted by Gasteiger charge is -2.33. The summed E-state index contributed by atoms with van der Waals surface area (Å²) in [6, 6.07) is 0.353. The van der Waals surface area contributed by atoms with Crippen molar-refractivity contribution in [3.05, 3.63) is 0 Å². The van der Waals surface area contributed by atoms with E-state index in [-0.39, 0.29) is 17.8 Å². The Morgan fingerprint density at radius 3 is 2.83 bits per heavy atom. The highest BCUT2D eigenvalue weighted by atomic mass is 32.2. The van der Waals surface area contributed by atoms with Gasteiger partial charge in [-0.25, -0.2) is 0 Å². The van der Waals surface area contributed by atoms with Crippen molar-refractivity contribution in [3.63, 3.8) is 0 Å². The molecule has 0 saturated carbocycles. The smallest absolute Gasteiger partial charge is 0.306 e. The van der Waals surface area contributed by atoms with Gasteiger partial charge in [0.25, 0.3) is 0 Å². The summed E-state index contributed by atoms with van der Waals surface area (Å²) in [7, 11) is 0. The number of carbonyl (C=O) groups excluding carboxylic acids is 2. The maximum atomic E-state index is 12.8. The molecule has 0 aliphatic carbocycles. The minimum atomic E-state index is -0.168. The largest absolute Gasteiger partial charge is 0.465 e. The molecule has 0 aromatic carbocycles. The van der Waals surface area contributed by atoms with Crippen LogP contribution in [-0.2, 0) is 19.1 Å². The first-order valence-electron chi connectivity index (χ1n) is 8.55. The van der Waals surface area contributed by atoms with Crippen molar-refractivity contribution >= 4 is 23.6 Å². The second-order valence-electron chi connectivity index (χ2n) is 6.52. The second-order valence-corrected chi connectivity index (χ2v) is 7.67. The number of esters is 1. The molecule has 0 bridgehead atoms. The Labute approximate surface area is 141 Å². The zero-order valence-electron chi connectivity index (χ0n) is 13.6. The average Bonchev–Trinajstić information content (AvgIpc) is 3.21. The number of rotatable bonds is 6. The van der Waals surface area contributed by atoms with Crippen molar-refractivity contribution in [3.8, 4) is 0 Å². The fourth-order valence-corrected chi connectivity index (χ4v) is 4.64. The Kier molecular flexibility index (Phi) is 6.19. The van der Waals surface area contributed by atoms with E-state index in [1.165, 1.54) is 0 Å². The van der Waals surface area contributed by atoms with E-state index in [0.29, 0.717) is 25.5 Å². The zero-order valence-corrected chi connectivity index (χ0v) is 14.4. The summed E-state index contributed by atoms with van der Waals surface area (Å²) in [6.45, 7) is 5.57. The lowest BCUT2D eigenvalue weighted by molar-refractivity contribution is -0.138. The molecule has 3 aliphatic rings. The molecule has 0 aromatic rings. The first kappa shape index (κ1) is 17.0. The Balaban J connectivity index is 1.53. The van der Waals surface area contributed by atoms with Gasteiger partial charge in [0.15, 0.2) is 0 Å². The molecule has 0 unspecified atom stereocenters. The number of amides is 1. The van der Waals surface area contributed by atoms with Gasteiger partial charge in [-0.2, -0.15) is 11.8 Å². The van der Waals surface area contributed by atoms with Crippen molar-refractivity contribution in [2.45, 2.75) is 25.3 Å². The minimum absolute atomic E-state index is 0.0648. The molecular weight excluding hydrogens is 316 g/mol. The topological polar surface area (TPSA) is 59.1 Å². The summed E-state index contributed by atoms with van der Waals surface area (Å²) < 4.78 is 10.4. The Bertz CT molecular complexity index is 422. The van der Waals surface area contributed by atoms with E-state index < -0.39 is 0 Å². The molecule has 6 nitrogen and oxygen atoms in total. The number of hydrogen-bond donors (Lipinski definition) is 0. The standard InChI is InChI=1S/C16H26N2O4S/c19-15(9-13-10-16(20)22-11-13)18(14-1-8-23-12-14)3-2-17-4-6-21-7-5-17/h13-14H,1-12H2/t13-,14-/m1/s1. The van der Waals surface area contributed by atoms with Gasteiger partial charge in [-0.1, -0.05) is 0 Å². The van der Waals surface area contributed by atoms with E-state index in [9.17, 15) is 9.59 Å². The van der Waals surface area contributed by atoms with Crippen LogP contribution in [0.5, 0.6) is 0 Å². The minimum Gasteiger partial charge on any atom is -0.465 e. The van der Waals surface area contributed by atoms with Crippen molar-refractivity contribution in [1.82, 2.24) is 9.80 Å². The molecule has 7 heteroatoms. The van der Waals surface area contributed by atoms with E-state index in [1.807, 2.05) is 11.8 Å². The fraction of sp³-hybridized carbons (Fsp3) is 0.875. The van der Waals surface area contributed by atoms with Gasteiger partial charge in [0.2, 0.25) is 5.91 Å². The highest BCUT2D eigenvalue weighted by Crippen LogP contribution is 2.25. The van der Waals surface area contributed by atoms with Gasteiger partial charge in [-0.15, -0.1) is 0 Å². The maximum Gasteiger partial charge on any atom is 0.306 e. The Morgan fingerprint density at radius 1 is 1.35 bits per heavy atom. The lowest BCUT2D eigenvalue weighted by Crippen LogP contribution is -2.47. The summed E-state index contributed by atoms with van der Waals surface area (Å²) in [5, 5.41) is 0. The Morgan fingerprint density at radius 2 is 2.17 bits per heavy atom. The Hall–Kier alpha value is -0.790. The van der Waals surface area contributed by atoms with E-state index in [2.05, 4.69) is 9.80 Å². The van der Waals surface area contributed by atoms with Crippen LogP contribution in [0.15, 0.2) is 0 Å². The molecule has 3 rings (SSSR count). The maximum absolute atomic E-state index is 12.8.